The Kier molecular flexibility index (Phi) is 6.68. The Bertz CT molecular complexity index is 1050. The number of nitrogens with one attached hydrogen (secondary N) is 1. The van der Waals surface area contributed by atoms with E-state index in [9.17, 15) is 9.18 Å². The second-order valence-electron chi connectivity index (χ2n) is 7.67. The van der Waals surface area contributed by atoms with Gasteiger partial charge in [-0.05, 0) is 85.0 Å². The molecule has 4 rings (SSSR count). The number of carbonyl (C=O) groups is 1. The molecule has 1 saturated heterocycles. The number of benzene rings is 3. The Balaban J connectivity index is 1.56. The van der Waals surface area contributed by atoms with E-state index in [1.54, 1.807) is 30.3 Å². The zero-order valence-corrected chi connectivity index (χ0v) is 17.9. The van der Waals surface area contributed by atoms with Crippen molar-refractivity contribution in [1.82, 2.24) is 0 Å². The van der Waals surface area contributed by atoms with Gasteiger partial charge in [0.2, 0.25) is 0 Å². The molecule has 0 bridgehead atoms. The maximum absolute atomic E-state index is 13.4. The highest BCUT2D eigenvalue weighted by Gasteiger charge is 2.14. The lowest BCUT2D eigenvalue weighted by atomic mass is 10.0. The summed E-state index contributed by atoms with van der Waals surface area (Å²) in [6.07, 6.45) is 5.50. The monoisotopic (exact) mass is 434 g/mol. The van der Waals surface area contributed by atoms with Crippen LogP contribution in [0, 0.1) is 5.82 Å². The molecule has 1 aliphatic rings. The van der Waals surface area contributed by atoms with Crippen LogP contribution >= 0.6 is 11.6 Å². The highest BCUT2D eigenvalue weighted by Crippen LogP contribution is 2.25. The fourth-order valence-electron chi connectivity index (χ4n) is 3.74. The van der Waals surface area contributed by atoms with Gasteiger partial charge in [0, 0.05) is 35.1 Å². The first kappa shape index (κ1) is 21.1. The van der Waals surface area contributed by atoms with E-state index in [0.717, 1.165) is 24.3 Å². The van der Waals surface area contributed by atoms with Gasteiger partial charge in [-0.25, -0.2) is 4.39 Å². The van der Waals surface area contributed by atoms with Crippen LogP contribution < -0.4 is 10.2 Å². The summed E-state index contributed by atoms with van der Waals surface area (Å²) in [5.74, 6) is -0.601. The number of hydrogen-bond donors (Lipinski definition) is 1. The number of amides is 1. The topological polar surface area (TPSA) is 32.3 Å². The molecule has 3 aromatic carbocycles. The Morgan fingerprint density at radius 2 is 1.52 bits per heavy atom. The van der Waals surface area contributed by atoms with Crippen molar-refractivity contribution in [3.05, 3.63) is 94.8 Å². The van der Waals surface area contributed by atoms with Crippen molar-refractivity contribution in [3.8, 4) is 0 Å². The number of piperidine rings is 1. The van der Waals surface area contributed by atoms with Crippen molar-refractivity contribution in [3.63, 3.8) is 0 Å². The molecule has 1 aliphatic heterocycles. The molecule has 158 valence electrons. The normalized spacial score (nSPS) is 14.4. The Labute approximate surface area is 187 Å². The standard InChI is InChI=1S/C26H24ClFN2O/c27-21-8-4-19(5-9-21)18-25(20-6-10-22(28)11-7-20)26(31)29-23-12-14-24(15-13-23)30-16-2-1-3-17-30/h4-15,18H,1-3,16-17H2,(H,29,31)/b25-18-. The van der Waals surface area contributed by atoms with Gasteiger partial charge in [0.1, 0.15) is 5.82 Å². The number of carbonyl (C=O) groups excluding carboxylic acids is 1. The summed E-state index contributed by atoms with van der Waals surface area (Å²) in [5, 5.41) is 3.60. The Morgan fingerprint density at radius 3 is 2.16 bits per heavy atom. The summed E-state index contributed by atoms with van der Waals surface area (Å²) in [7, 11) is 0. The quantitative estimate of drug-likeness (QED) is 0.360. The third-order valence-electron chi connectivity index (χ3n) is 5.43. The number of rotatable bonds is 5. The molecule has 0 unspecified atom stereocenters. The molecule has 1 heterocycles. The average molecular weight is 435 g/mol. The van der Waals surface area contributed by atoms with Crippen molar-refractivity contribution in [2.24, 2.45) is 0 Å². The number of hydrogen-bond acceptors (Lipinski definition) is 2. The van der Waals surface area contributed by atoms with Gasteiger partial charge in [-0.1, -0.05) is 35.9 Å². The maximum Gasteiger partial charge on any atom is 0.256 e. The summed E-state index contributed by atoms with van der Waals surface area (Å²) in [6.45, 7) is 2.15. The van der Waals surface area contributed by atoms with Crippen LogP contribution in [-0.2, 0) is 4.79 Å². The number of halogens is 2. The van der Waals surface area contributed by atoms with Gasteiger partial charge in [-0.2, -0.15) is 0 Å². The van der Waals surface area contributed by atoms with E-state index in [-0.39, 0.29) is 11.7 Å². The van der Waals surface area contributed by atoms with E-state index >= 15 is 0 Å². The van der Waals surface area contributed by atoms with Crippen LogP contribution in [0.4, 0.5) is 15.8 Å². The molecule has 0 spiro atoms. The van der Waals surface area contributed by atoms with Gasteiger partial charge in [0.05, 0.1) is 0 Å². The zero-order chi connectivity index (χ0) is 21.6. The van der Waals surface area contributed by atoms with Crippen LogP contribution in [0.2, 0.25) is 5.02 Å². The van der Waals surface area contributed by atoms with Crippen LogP contribution in [0.1, 0.15) is 30.4 Å². The first-order chi connectivity index (χ1) is 15.1. The smallest absolute Gasteiger partial charge is 0.256 e. The van der Waals surface area contributed by atoms with Crippen molar-refractivity contribution >= 4 is 40.5 Å². The Hall–Kier alpha value is -3.11. The second-order valence-corrected chi connectivity index (χ2v) is 8.10. The van der Waals surface area contributed by atoms with E-state index < -0.39 is 0 Å². The van der Waals surface area contributed by atoms with Crippen LogP contribution in [0.25, 0.3) is 11.6 Å². The van der Waals surface area contributed by atoms with Gasteiger partial charge in [0.15, 0.2) is 0 Å². The van der Waals surface area contributed by atoms with Crippen LogP contribution in [-0.4, -0.2) is 19.0 Å². The summed E-state index contributed by atoms with van der Waals surface area (Å²) in [4.78, 5) is 15.5. The lowest BCUT2D eigenvalue weighted by Gasteiger charge is -2.28. The van der Waals surface area contributed by atoms with Crippen LogP contribution in [0.5, 0.6) is 0 Å². The molecule has 0 aromatic heterocycles. The van der Waals surface area contributed by atoms with Gasteiger partial charge >= 0.3 is 0 Å². The van der Waals surface area contributed by atoms with Gasteiger partial charge in [-0.3, -0.25) is 4.79 Å². The average Bonchev–Trinajstić information content (AvgIpc) is 2.80. The van der Waals surface area contributed by atoms with E-state index in [1.807, 2.05) is 36.4 Å². The van der Waals surface area contributed by atoms with Crippen molar-refractivity contribution in [1.29, 1.82) is 0 Å². The minimum atomic E-state index is -0.344. The predicted molar refractivity (Wildman–Crippen MR) is 127 cm³/mol. The first-order valence-electron chi connectivity index (χ1n) is 10.5. The van der Waals surface area contributed by atoms with Gasteiger partial charge in [0.25, 0.3) is 5.91 Å². The van der Waals surface area contributed by atoms with Gasteiger partial charge < -0.3 is 10.2 Å². The fourth-order valence-corrected chi connectivity index (χ4v) is 3.87. The molecular weight excluding hydrogens is 411 g/mol. The molecule has 0 radical (unpaired) electrons. The summed E-state index contributed by atoms with van der Waals surface area (Å²) >= 11 is 5.98. The van der Waals surface area contributed by atoms with Gasteiger partial charge in [-0.15, -0.1) is 0 Å². The maximum atomic E-state index is 13.4. The third kappa shape index (κ3) is 5.53. The lowest BCUT2D eigenvalue weighted by Crippen LogP contribution is -2.29. The van der Waals surface area contributed by atoms with Crippen molar-refractivity contribution in [2.45, 2.75) is 19.3 Å². The highest BCUT2D eigenvalue weighted by atomic mass is 35.5. The second kappa shape index (κ2) is 9.80. The molecule has 31 heavy (non-hydrogen) atoms. The van der Waals surface area contributed by atoms with Crippen LogP contribution in [0.3, 0.4) is 0 Å². The van der Waals surface area contributed by atoms with Crippen molar-refractivity contribution < 1.29 is 9.18 Å². The molecule has 3 nitrogen and oxygen atoms in total. The molecule has 1 fully saturated rings. The fraction of sp³-hybridized carbons (Fsp3) is 0.192. The molecule has 3 aromatic rings. The molecule has 1 amide bonds. The molecule has 5 heteroatoms. The molecule has 0 aliphatic carbocycles. The molecule has 0 saturated carbocycles. The molecule has 0 atom stereocenters. The van der Waals surface area contributed by atoms with E-state index in [2.05, 4.69) is 10.2 Å². The lowest BCUT2D eigenvalue weighted by molar-refractivity contribution is -0.111. The minimum absolute atomic E-state index is 0.257. The minimum Gasteiger partial charge on any atom is -0.372 e. The number of nitrogens with zero attached hydrogens (tertiary/aromatic N) is 1. The predicted octanol–water partition coefficient (Wildman–Crippen LogP) is 6.65. The molecule has 1 N–H and O–H groups in total. The summed E-state index contributed by atoms with van der Waals surface area (Å²) in [6, 6.07) is 21.1. The van der Waals surface area contributed by atoms with E-state index in [0.29, 0.717) is 16.2 Å². The molecular formula is C26H24ClFN2O. The zero-order valence-electron chi connectivity index (χ0n) is 17.2. The highest BCUT2D eigenvalue weighted by molar-refractivity contribution is 6.31. The first-order valence-corrected chi connectivity index (χ1v) is 10.9. The summed E-state index contributed by atoms with van der Waals surface area (Å²) in [5.41, 5.74) is 3.81. The summed E-state index contributed by atoms with van der Waals surface area (Å²) < 4.78 is 13.4. The Morgan fingerprint density at radius 1 is 0.871 bits per heavy atom. The van der Waals surface area contributed by atoms with E-state index in [4.69, 9.17) is 11.6 Å². The SMILES string of the molecule is O=C(Nc1ccc(N2CCCCC2)cc1)/C(=C\c1ccc(Cl)cc1)c1ccc(F)cc1. The largest absolute Gasteiger partial charge is 0.372 e. The number of anilines is 2. The van der Waals surface area contributed by atoms with E-state index in [1.165, 1.54) is 37.1 Å². The van der Waals surface area contributed by atoms with Crippen LogP contribution in [0.15, 0.2) is 72.8 Å². The van der Waals surface area contributed by atoms with Crippen molar-refractivity contribution in [2.75, 3.05) is 23.3 Å². The third-order valence-corrected chi connectivity index (χ3v) is 5.68.